The molecular weight excluding hydrogens is 184 g/mol. The fourth-order valence-corrected chi connectivity index (χ4v) is 1.09. The maximum absolute atomic E-state index is 11.1. The minimum absolute atomic E-state index is 0.0491. The maximum Gasteiger partial charge on any atom is 0.316 e. The molecule has 1 rings (SSSR count). The van der Waals surface area contributed by atoms with Gasteiger partial charge in [-0.3, -0.25) is 9.59 Å². The fourth-order valence-electron chi connectivity index (χ4n) is 1.09. The van der Waals surface area contributed by atoms with Crippen molar-refractivity contribution in [3.05, 3.63) is 0 Å². The second kappa shape index (κ2) is 4.88. The first-order valence-corrected chi connectivity index (χ1v) is 4.81. The Hall–Kier alpha value is -1.19. The first kappa shape index (κ1) is 10.9. The van der Waals surface area contributed by atoms with E-state index < -0.39 is 11.9 Å². The number of esters is 2. The van der Waals surface area contributed by atoms with Crippen LogP contribution in [0.4, 0.5) is 0 Å². The molecule has 1 unspecified atom stereocenters. The highest BCUT2D eigenvalue weighted by Crippen LogP contribution is 2.30. The van der Waals surface area contributed by atoms with E-state index in [4.69, 9.17) is 0 Å². The van der Waals surface area contributed by atoms with Gasteiger partial charge >= 0.3 is 11.9 Å². The normalized spacial score (nSPS) is 17.2. The van der Waals surface area contributed by atoms with Crippen molar-refractivity contribution in [1.29, 1.82) is 0 Å². The van der Waals surface area contributed by atoms with Crippen molar-refractivity contribution < 1.29 is 19.1 Å². The van der Waals surface area contributed by atoms with Crippen molar-refractivity contribution in [3.63, 3.8) is 0 Å². The largest absolute Gasteiger partial charge is 0.393 e. The van der Waals surface area contributed by atoms with Gasteiger partial charge in [-0.15, -0.1) is 0 Å². The Balaban J connectivity index is 2.20. The van der Waals surface area contributed by atoms with Crippen LogP contribution in [0.1, 0.15) is 32.6 Å². The van der Waals surface area contributed by atoms with Gasteiger partial charge in [-0.05, 0) is 18.8 Å². The van der Waals surface area contributed by atoms with Gasteiger partial charge in [0.15, 0.2) is 0 Å². The van der Waals surface area contributed by atoms with E-state index in [2.05, 4.69) is 4.74 Å². The summed E-state index contributed by atoms with van der Waals surface area (Å²) >= 11 is 0. The summed E-state index contributed by atoms with van der Waals surface area (Å²) in [5, 5.41) is 0. The molecule has 78 valence electrons. The van der Waals surface area contributed by atoms with E-state index in [0.29, 0.717) is 6.42 Å². The highest BCUT2D eigenvalue weighted by atomic mass is 16.6. The first-order chi connectivity index (χ1) is 6.63. The number of hydrogen-bond acceptors (Lipinski definition) is 4. The summed E-state index contributed by atoms with van der Waals surface area (Å²) in [5.74, 6) is -1.03. The van der Waals surface area contributed by atoms with Crippen molar-refractivity contribution in [2.75, 3.05) is 0 Å². The van der Waals surface area contributed by atoms with Crippen LogP contribution in [0.3, 0.4) is 0 Å². The second-order valence-corrected chi connectivity index (χ2v) is 3.78. The molecule has 14 heavy (non-hydrogen) atoms. The van der Waals surface area contributed by atoms with Crippen molar-refractivity contribution in [2.45, 2.75) is 32.6 Å². The fraction of sp³-hybridized carbons (Fsp3) is 0.700. The van der Waals surface area contributed by atoms with Crippen molar-refractivity contribution in [2.24, 2.45) is 11.8 Å². The van der Waals surface area contributed by atoms with E-state index in [-0.39, 0.29) is 18.3 Å². The third-order valence-corrected chi connectivity index (χ3v) is 2.14. The lowest BCUT2D eigenvalue weighted by Gasteiger charge is -2.05. The molecule has 0 aliphatic heterocycles. The van der Waals surface area contributed by atoms with Crippen molar-refractivity contribution in [1.82, 2.24) is 0 Å². The van der Waals surface area contributed by atoms with Crippen LogP contribution >= 0.6 is 0 Å². The number of rotatable bonds is 5. The maximum atomic E-state index is 11.1. The molecule has 1 atom stereocenters. The van der Waals surface area contributed by atoms with Gasteiger partial charge in [-0.25, -0.2) is 0 Å². The highest BCUT2D eigenvalue weighted by molar-refractivity contribution is 5.88. The first-order valence-electron chi connectivity index (χ1n) is 4.81. The smallest absolute Gasteiger partial charge is 0.316 e. The topological polar surface area (TPSA) is 60.4 Å². The van der Waals surface area contributed by atoms with Crippen LogP contribution < -0.4 is 0 Å². The van der Waals surface area contributed by atoms with E-state index in [9.17, 15) is 14.4 Å². The Morgan fingerprint density at radius 2 is 2.14 bits per heavy atom. The molecule has 4 heteroatoms. The number of hydrogen-bond donors (Lipinski definition) is 0. The summed E-state index contributed by atoms with van der Waals surface area (Å²) in [4.78, 5) is 32.3. The quantitative estimate of drug-likeness (QED) is 0.377. The van der Waals surface area contributed by atoms with Crippen LogP contribution in [0.5, 0.6) is 0 Å². The molecule has 0 heterocycles. The summed E-state index contributed by atoms with van der Waals surface area (Å²) in [6.07, 6.45) is 2.89. The Bertz CT molecular complexity index is 243. The van der Waals surface area contributed by atoms with Crippen molar-refractivity contribution >= 4 is 18.2 Å². The zero-order chi connectivity index (χ0) is 10.6. The molecule has 4 nitrogen and oxygen atoms in total. The molecule has 0 aromatic carbocycles. The summed E-state index contributed by atoms with van der Waals surface area (Å²) in [6.45, 7) is 1.78. The number of carbonyl (C=O) groups excluding carboxylic acids is 3. The Morgan fingerprint density at radius 1 is 1.50 bits per heavy atom. The molecule has 0 spiro atoms. The summed E-state index contributed by atoms with van der Waals surface area (Å²) in [5.41, 5.74) is 0. The third-order valence-electron chi connectivity index (χ3n) is 2.14. The van der Waals surface area contributed by atoms with Gasteiger partial charge in [0, 0.05) is 12.8 Å². The van der Waals surface area contributed by atoms with Gasteiger partial charge < -0.3 is 9.53 Å². The van der Waals surface area contributed by atoms with E-state index in [1.54, 1.807) is 6.92 Å². The molecule has 0 N–H and O–H groups in total. The van der Waals surface area contributed by atoms with E-state index in [1.807, 2.05) is 0 Å². The molecule has 1 fully saturated rings. The van der Waals surface area contributed by atoms with Gasteiger partial charge in [0.2, 0.25) is 0 Å². The predicted octanol–water partition coefficient (Wildman–Crippen LogP) is 1.08. The van der Waals surface area contributed by atoms with E-state index >= 15 is 0 Å². The molecule has 0 bridgehead atoms. The molecule has 0 aromatic heterocycles. The molecule has 0 aromatic rings. The SMILES string of the molecule is CC(CC=O)CC(=O)OC(=O)C1CC1. The Kier molecular flexibility index (Phi) is 3.80. The lowest BCUT2D eigenvalue weighted by molar-refractivity contribution is -0.161. The number of aldehydes is 1. The summed E-state index contributed by atoms with van der Waals surface area (Å²) < 4.78 is 4.60. The van der Waals surface area contributed by atoms with Crippen LogP contribution in [-0.4, -0.2) is 18.2 Å². The Labute approximate surface area is 82.6 Å². The van der Waals surface area contributed by atoms with Gasteiger partial charge in [0.1, 0.15) is 6.29 Å². The summed E-state index contributed by atoms with van der Waals surface area (Å²) in [6, 6.07) is 0. The molecule has 1 aliphatic carbocycles. The zero-order valence-electron chi connectivity index (χ0n) is 8.19. The molecule has 0 radical (unpaired) electrons. The molecule has 1 saturated carbocycles. The van der Waals surface area contributed by atoms with Crippen molar-refractivity contribution in [3.8, 4) is 0 Å². The van der Waals surface area contributed by atoms with E-state index in [1.165, 1.54) is 0 Å². The van der Waals surface area contributed by atoms with Crippen LogP contribution in [0.2, 0.25) is 0 Å². The second-order valence-electron chi connectivity index (χ2n) is 3.78. The average Bonchev–Trinajstić information content (AvgIpc) is 2.85. The predicted molar refractivity (Wildman–Crippen MR) is 48.3 cm³/mol. The van der Waals surface area contributed by atoms with Gasteiger partial charge in [0.25, 0.3) is 0 Å². The average molecular weight is 198 g/mol. The standard InChI is InChI=1S/C10H14O4/c1-7(4-5-11)6-9(12)14-10(13)8-2-3-8/h5,7-8H,2-4,6H2,1H3. The van der Waals surface area contributed by atoms with Gasteiger partial charge in [-0.2, -0.15) is 0 Å². The van der Waals surface area contributed by atoms with Gasteiger partial charge in [-0.1, -0.05) is 6.92 Å². The van der Waals surface area contributed by atoms with Crippen LogP contribution in [0.15, 0.2) is 0 Å². The molecule has 0 saturated heterocycles. The molecular formula is C10H14O4. The van der Waals surface area contributed by atoms with Crippen LogP contribution in [0, 0.1) is 11.8 Å². The lowest BCUT2D eigenvalue weighted by Crippen LogP contribution is -2.16. The number of carbonyl (C=O) groups is 3. The summed E-state index contributed by atoms with van der Waals surface area (Å²) in [7, 11) is 0. The van der Waals surface area contributed by atoms with Crippen LogP contribution in [-0.2, 0) is 19.1 Å². The minimum atomic E-state index is -0.517. The zero-order valence-corrected chi connectivity index (χ0v) is 8.19. The van der Waals surface area contributed by atoms with Crippen LogP contribution in [0.25, 0.3) is 0 Å². The number of ether oxygens (including phenoxy) is 1. The monoisotopic (exact) mass is 198 g/mol. The molecule has 0 amide bonds. The van der Waals surface area contributed by atoms with E-state index in [0.717, 1.165) is 19.1 Å². The minimum Gasteiger partial charge on any atom is -0.393 e. The molecule has 1 aliphatic rings. The lowest BCUT2D eigenvalue weighted by atomic mass is 10.1. The van der Waals surface area contributed by atoms with Gasteiger partial charge in [0.05, 0.1) is 5.92 Å². The highest BCUT2D eigenvalue weighted by Gasteiger charge is 2.32. The third kappa shape index (κ3) is 3.68. The Morgan fingerprint density at radius 3 is 2.64 bits per heavy atom.